The van der Waals surface area contributed by atoms with Crippen LogP contribution in [-0.2, 0) is 29.1 Å². The molecule has 2 unspecified atom stereocenters. The Kier molecular flexibility index (Phi) is 8.21. The fourth-order valence-electron chi connectivity index (χ4n) is 4.98. The van der Waals surface area contributed by atoms with Crippen LogP contribution in [0.15, 0.2) is 78.9 Å². The van der Waals surface area contributed by atoms with Crippen LogP contribution < -0.4 is 14.2 Å². The molecule has 4 aromatic rings. The lowest BCUT2D eigenvalue weighted by atomic mass is 9.89. The predicted molar refractivity (Wildman–Crippen MR) is 148 cm³/mol. The molecule has 7 heteroatoms. The fraction of sp³-hybridized carbons (Fsp3) is 0.312. The van der Waals surface area contributed by atoms with Crippen molar-refractivity contribution in [3.63, 3.8) is 0 Å². The van der Waals surface area contributed by atoms with E-state index in [1.54, 1.807) is 20.3 Å². The van der Waals surface area contributed by atoms with Crippen LogP contribution >= 0.6 is 0 Å². The molecule has 204 valence electrons. The summed E-state index contributed by atoms with van der Waals surface area (Å²) in [5, 5.41) is 24.5. The van der Waals surface area contributed by atoms with E-state index in [2.05, 4.69) is 0 Å². The van der Waals surface area contributed by atoms with E-state index in [1.807, 2.05) is 72.8 Å². The quantitative estimate of drug-likeness (QED) is 0.243. The van der Waals surface area contributed by atoms with Gasteiger partial charge in [-0.05, 0) is 58.7 Å². The van der Waals surface area contributed by atoms with E-state index in [1.165, 1.54) is 0 Å². The molecule has 1 heterocycles. The zero-order chi connectivity index (χ0) is 27.2. The fourth-order valence-corrected chi connectivity index (χ4v) is 4.98. The second-order valence-corrected chi connectivity index (χ2v) is 9.78. The van der Waals surface area contributed by atoms with Crippen molar-refractivity contribution in [2.45, 2.75) is 31.8 Å². The van der Waals surface area contributed by atoms with Crippen molar-refractivity contribution in [3.8, 4) is 23.0 Å². The topological polar surface area (TPSA) is 86.6 Å². The molecule has 0 saturated carbocycles. The van der Waals surface area contributed by atoms with Crippen LogP contribution in [0.25, 0.3) is 10.8 Å². The van der Waals surface area contributed by atoms with E-state index in [9.17, 15) is 10.2 Å². The van der Waals surface area contributed by atoms with Gasteiger partial charge in [-0.3, -0.25) is 0 Å². The summed E-state index contributed by atoms with van der Waals surface area (Å²) in [7, 11) is 3.23. The van der Waals surface area contributed by atoms with Crippen molar-refractivity contribution >= 4 is 10.8 Å². The van der Waals surface area contributed by atoms with Crippen molar-refractivity contribution in [1.29, 1.82) is 0 Å². The van der Waals surface area contributed by atoms with Gasteiger partial charge in [-0.15, -0.1) is 0 Å². The standard InChI is InChI=1S/C32H34O7/c1-35-26-11-7-22(8-12-26)19-38-31-17-23(9-14-30(31)36-2)20-39-32(34,25-15-16-37-21-25)18-28-27-6-4-3-5-24(27)10-13-29(28)33/h3-14,17,25,33-34H,15-16,18-21H2,1-2H3. The lowest BCUT2D eigenvalue weighted by Crippen LogP contribution is -2.43. The average Bonchev–Trinajstić information content (AvgIpc) is 3.53. The number of fused-ring (bicyclic) bond motifs is 1. The highest BCUT2D eigenvalue weighted by atomic mass is 16.6. The monoisotopic (exact) mass is 530 g/mol. The molecule has 4 aromatic carbocycles. The van der Waals surface area contributed by atoms with Crippen LogP contribution in [0.2, 0.25) is 0 Å². The third kappa shape index (κ3) is 6.11. The molecular weight excluding hydrogens is 496 g/mol. The van der Waals surface area contributed by atoms with E-state index in [0.717, 1.165) is 27.6 Å². The predicted octanol–water partition coefficient (Wildman–Crippen LogP) is 5.63. The van der Waals surface area contributed by atoms with Crippen LogP contribution in [-0.4, -0.2) is 43.4 Å². The highest BCUT2D eigenvalue weighted by Gasteiger charge is 2.41. The van der Waals surface area contributed by atoms with Crippen LogP contribution in [0, 0.1) is 5.92 Å². The Labute approximate surface area is 228 Å². The maximum absolute atomic E-state index is 11.9. The van der Waals surface area contributed by atoms with Crippen molar-refractivity contribution < 1.29 is 33.9 Å². The summed E-state index contributed by atoms with van der Waals surface area (Å²) < 4.78 is 28.7. The second-order valence-electron chi connectivity index (χ2n) is 9.78. The number of aliphatic hydroxyl groups is 1. The number of methoxy groups -OCH3 is 2. The van der Waals surface area contributed by atoms with Crippen LogP contribution in [0.5, 0.6) is 23.0 Å². The first-order valence-electron chi connectivity index (χ1n) is 13.1. The molecule has 1 aliphatic rings. The van der Waals surface area contributed by atoms with Gasteiger partial charge in [0, 0.05) is 24.5 Å². The maximum Gasteiger partial charge on any atom is 0.175 e. The van der Waals surface area contributed by atoms with Crippen molar-refractivity contribution in [1.82, 2.24) is 0 Å². The molecule has 0 aliphatic carbocycles. The second kappa shape index (κ2) is 11.9. The molecule has 0 amide bonds. The summed E-state index contributed by atoms with van der Waals surface area (Å²) in [6.07, 6.45) is 0.798. The Balaban J connectivity index is 1.35. The molecule has 5 rings (SSSR count). The Morgan fingerprint density at radius 3 is 2.41 bits per heavy atom. The summed E-state index contributed by atoms with van der Waals surface area (Å²) in [6, 6.07) is 24.6. The van der Waals surface area contributed by atoms with Crippen LogP contribution in [0.4, 0.5) is 0 Å². The average molecular weight is 531 g/mol. The van der Waals surface area contributed by atoms with Gasteiger partial charge in [0.15, 0.2) is 17.3 Å². The third-order valence-corrected chi connectivity index (χ3v) is 7.28. The van der Waals surface area contributed by atoms with E-state index in [0.29, 0.717) is 43.3 Å². The SMILES string of the molecule is COc1ccc(COc2cc(COC(O)(Cc3c(O)ccc4ccccc34)C3CCOC3)ccc2OC)cc1. The number of aromatic hydroxyl groups is 1. The van der Waals surface area contributed by atoms with Gasteiger partial charge >= 0.3 is 0 Å². The highest BCUT2D eigenvalue weighted by Crippen LogP contribution is 2.37. The summed E-state index contributed by atoms with van der Waals surface area (Å²) in [6.45, 7) is 1.44. The number of hydrogen-bond acceptors (Lipinski definition) is 7. The first kappa shape index (κ1) is 26.8. The highest BCUT2D eigenvalue weighted by molar-refractivity contribution is 5.87. The molecule has 7 nitrogen and oxygen atoms in total. The number of rotatable bonds is 11. The Bertz CT molecular complexity index is 1400. The number of hydrogen-bond donors (Lipinski definition) is 2. The molecule has 0 bridgehead atoms. The first-order chi connectivity index (χ1) is 19.0. The Morgan fingerprint density at radius 2 is 1.67 bits per heavy atom. The number of phenols is 1. The molecule has 0 spiro atoms. The minimum Gasteiger partial charge on any atom is -0.508 e. The van der Waals surface area contributed by atoms with Crippen molar-refractivity contribution in [2.75, 3.05) is 27.4 Å². The zero-order valence-corrected chi connectivity index (χ0v) is 22.3. The molecule has 2 N–H and O–H groups in total. The van der Waals surface area contributed by atoms with E-state index in [-0.39, 0.29) is 24.7 Å². The van der Waals surface area contributed by atoms with E-state index >= 15 is 0 Å². The summed E-state index contributed by atoms with van der Waals surface area (Å²) >= 11 is 0. The van der Waals surface area contributed by atoms with Gasteiger partial charge in [0.05, 0.1) is 27.4 Å². The lowest BCUT2D eigenvalue weighted by molar-refractivity contribution is -0.242. The minimum atomic E-state index is -1.54. The Hall–Kier alpha value is -3.78. The molecular formula is C32H34O7. The molecule has 1 aliphatic heterocycles. The molecule has 0 aromatic heterocycles. The number of benzene rings is 4. The van der Waals surface area contributed by atoms with Gasteiger partial charge in [-0.1, -0.05) is 48.5 Å². The first-order valence-corrected chi connectivity index (χ1v) is 13.1. The maximum atomic E-state index is 11.9. The smallest absolute Gasteiger partial charge is 0.175 e. The minimum absolute atomic E-state index is 0.130. The molecule has 39 heavy (non-hydrogen) atoms. The number of phenolic OH excluding ortho intramolecular Hbond substituents is 1. The van der Waals surface area contributed by atoms with Crippen molar-refractivity contribution in [3.05, 3.63) is 95.6 Å². The molecule has 1 fully saturated rings. The summed E-state index contributed by atoms with van der Waals surface area (Å²) in [5.41, 5.74) is 2.46. The molecule has 1 saturated heterocycles. The normalized spacial score (nSPS) is 16.6. The van der Waals surface area contributed by atoms with Gasteiger partial charge < -0.3 is 33.9 Å². The van der Waals surface area contributed by atoms with Gasteiger partial charge in [0.2, 0.25) is 0 Å². The van der Waals surface area contributed by atoms with Gasteiger partial charge in [0.25, 0.3) is 0 Å². The van der Waals surface area contributed by atoms with Crippen LogP contribution in [0.1, 0.15) is 23.1 Å². The number of ether oxygens (including phenoxy) is 5. The van der Waals surface area contributed by atoms with Crippen molar-refractivity contribution in [2.24, 2.45) is 5.92 Å². The largest absolute Gasteiger partial charge is 0.508 e. The summed E-state index contributed by atoms with van der Waals surface area (Å²) in [4.78, 5) is 0. The van der Waals surface area contributed by atoms with Gasteiger partial charge in [-0.2, -0.15) is 0 Å². The molecule has 0 radical (unpaired) electrons. The Morgan fingerprint density at radius 1 is 0.872 bits per heavy atom. The lowest BCUT2D eigenvalue weighted by Gasteiger charge is -2.34. The zero-order valence-electron chi connectivity index (χ0n) is 22.3. The summed E-state index contributed by atoms with van der Waals surface area (Å²) in [5.74, 6) is 0.323. The van der Waals surface area contributed by atoms with E-state index in [4.69, 9.17) is 23.7 Å². The molecule has 2 atom stereocenters. The van der Waals surface area contributed by atoms with Crippen LogP contribution in [0.3, 0.4) is 0 Å². The van der Waals surface area contributed by atoms with Gasteiger partial charge in [0.1, 0.15) is 18.1 Å². The van der Waals surface area contributed by atoms with E-state index < -0.39 is 5.79 Å². The third-order valence-electron chi connectivity index (χ3n) is 7.28. The van der Waals surface area contributed by atoms with Gasteiger partial charge in [-0.25, -0.2) is 0 Å².